The maximum atomic E-state index is 12.3. The Morgan fingerprint density at radius 3 is 2.24 bits per heavy atom. The summed E-state index contributed by atoms with van der Waals surface area (Å²) < 4.78 is 11.3. The van der Waals surface area contributed by atoms with Gasteiger partial charge in [-0.2, -0.15) is 0 Å². The van der Waals surface area contributed by atoms with Crippen molar-refractivity contribution in [3.63, 3.8) is 0 Å². The average molecular weight is 346 g/mol. The lowest BCUT2D eigenvalue weighted by atomic mass is 10.0. The molecule has 0 radical (unpaired) electrons. The molecule has 2 heterocycles. The smallest absolute Gasteiger partial charge is 0.233 e. The van der Waals surface area contributed by atoms with Crippen molar-refractivity contribution in [2.45, 2.75) is 32.0 Å². The van der Waals surface area contributed by atoms with Gasteiger partial charge in [0.05, 0.1) is 13.2 Å². The highest BCUT2D eigenvalue weighted by molar-refractivity contribution is 6.03. The molecule has 2 aliphatic heterocycles. The number of hydrogen-bond acceptors (Lipinski definition) is 5. The number of rotatable bonds is 4. The first-order chi connectivity index (χ1) is 12.0. The van der Waals surface area contributed by atoms with Crippen LogP contribution in [0.4, 0.5) is 5.69 Å². The Kier molecular flexibility index (Phi) is 5.15. The molecule has 7 heteroatoms. The Morgan fingerprint density at radius 2 is 1.68 bits per heavy atom. The Hall–Kier alpha value is -2.25. The third-order valence-corrected chi connectivity index (χ3v) is 4.58. The van der Waals surface area contributed by atoms with Crippen molar-refractivity contribution in [3.05, 3.63) is 29.8 Å². The summed E-state index contributed by atoms with van der Waals surface area (Å²) in [4.78, 5) is 37.3. The molecule has 2 saturated heterocycles. The van der Waals surface area contributed by atoms with Crippen LogP contribution < -0.4 is 5.32 Å². The first-order valence-electron chi connectivity index (χ1n) is 8.44. The van der Waals surface area contributed by atoms with E-state index in [1.807, 2.05) is 0 Å². The van der Waals surface area contributed by atoms with E-state index in [4.69, 9.17) is 9.47 Å². The van der Waals surface area contributed by atoms with Crippen LogP contribution in [-0.4, -0.2) is 54.6 Å². The highest BCUT2D eigenvalue weighted by Gasteiger charge is 2.40. The molecular formula is C18H22N2O5. The third kappa shape index (κ3) is 4.24. The predicted molar refractivity (Wildman–Crippen MR) is 90.1 cm³/mol. The number of amides is 2. The van der Waals surface area contributed by atoms with Crippen LogP contribution in [0, 0.1) is 0 Å². The summed E-state index contributed by atoms with van der Waals surface area (Å²) in [6.45, 7) is 3.73. The first kappa shape index (κ1) is 17.6. The van der Waals surface area contributed by atoms with E-state index >= 15 is 0 Å². The molecular weight excluding hydrogens is 324 g/mol. The summed E-state index contributed by atoms with van der Waals surface area (Å²) in [7, 11) is 0. The summed E-state index contributed by atoms with van der Waals surface area (Å²) in [5.41, 5.74) is 1.14. The Bertz CT molecular complexity index is 655. The molecule has 3 rings (SSSR count). The van der Waals surface area contributed by atoms with Crippen LogP contribution in [0.3, 0.4) is 0 Å². The molecule has 25 heavy (non-hydrogen) atoms. The van der Waals surface area contributed by atoms with E-state index in [0.29, 0.717) is 50.4 Å². The molecule has 7 nitrogen and oxygen atoms in total. The number of piperidine rings is 1. The van der Waals surface area contributed by atoms with E-state index in [9.17, 15) is 14.4 Å². The number of likely N-dealkylation sites (tertiary alicyclic amines) is 1. The second kappa shape index (κ2) is 7.33. The Balaban J connectivity index is 1.47. The molecule has 0 saturated carbocycles. The van der Waals surface area contributed by atoms with Crippen molar-refractivity contribution >= 4 is 23.3 Å². The number of benzene rings is 1. The molecule has 0 aromatic heterocycles. The fraction of sp³-hybridized carbons (Fsp3) is 0.500. The molecule has 0 aliphatic carbocycles. The largest absolute Gasteiger partial charge is 0.347 e. The Morgan fingerprint density at radius 1 is 1.08 bits per heavy atom. The van der Waals surface area contributed by atoms with E-state index in [1.54, 1.807) is 29.2 Å². The number of nitrogens with zero attached hydrogens (tertiary/aromatic N) is 1. The number of ether oxygens (including phenoxy) is 2. The fourth-order valence-corrected chi connectivity index (χ4v) is 3.13. The quantitative estimate of drug-likeness (QED) is 0.661. The molecule has 2 aliphatic rings. The van der Waals surface area contributed by atoms with Crippen LogP contribution in [0.25, 0.3) is 0 Å². The van der Waals surface area contributed by atoms with Crippen molar-refractivity contribution < 1.29 is 23.9 Å². The maximum Gasteiger partial charge on any atom is 0.233 e. The van der Waals surface area contributed by atoms with Crippen LogP contribution in [0.2, 0.25) is 0 Å². The summed E-state index contributed by atoms with van der Waals surface area (Å²) in [6, 6.07) is 6.59. The van der Waals surface area contributed by atoms with Gasteiger partial charge in [0.1, 0.15) is 6.42 Å². The van der Waals surface area contributed by atoms with E-state index in [2.05, 4.69) is 5.32 Å². The summed E-state index contributed by atoms with van der Waals surface area (Å²) in [6.07, 6.45) is 1.06. The number of carbonyl (C=O) groups excluding carboxylic acids is 3. The van der Waals surface area contributed by atoms with E-state index in [-0.39, 0.29) is 24.0 Å². The number of hydrogen-bond donors (Lipinski definition) is 1. The molecule has 134 valence electrons. The predicted octanol–water partition coefficient (Wildman–Crippen LogP) is 1.58. The second-order valence-corrected chi connectivity index (χ2v) is 6.35. The van der Waals surface area contributed by atoms with Crippen molar-refractivity contribution in [1.29, 1.82) is 0 Å². The lowest BCUT2D eigenvalue weighted by molar-refractivity contribution is -0.187. The summed E-state index contributed by atoms with van der Waals surface area (Å²) in [5.74, 6) is -1.14. The second-order valence-electron chi connectivity index (χ2n) is 6.35. The van der Waals surface area contributed by atoms with Crippen LogP contribution in [0.5, 0.6) is 0 Å². The van der Waals surface area contributed by atoms with Gasteiger partial charge in [0, 0.05) is 37.2 Å². The van der Waals surface area contributed by atoms with E-state index < -0.39 is 5.79 Å². The molecule has 0 unspecified atom stereocenters. The highest BCUT2D eigenvalue weighted by Crippen LogP contribution is 2.31. The standard InChI is InChI=1S/C18H22N2O5/c1-13(21)14-2-4-15(5-3-14)19-16(22)12-17(23)20-8-6-18(7-9-20)24-10-11-25-18/h2-5H,6-12H2,1H3,(H,19,22). The lowest BCUT2D eigenvalue weighted by Gasteiger charge is -2.37. The molecule has 1 aromatic carbocycles. The number of carbonyl (C=O) groups is 3. The van der Waals surface area contributed by atoms with Gasteiger partial charge in [-0.15, -0.1) is 0 Å². The minimum atomic E-state index is -0.530. The highest BCUT2D eigenvalue weighted by atomic mass is 16.7. The number of nitrogens with one attached hydrogen (secondary N) is 1. The van der Waals surface area contributed by atoms with Crippen LogP contribution in [-0.2, 0) is 19.1 Å². The minimum Gasteiger partial charge on any atom is -0.347 e. The lowest BCUT2D eigenvalue weighted by Crippen LogP contribution is -2.47. The number of anilines is 1. The Labute approximate surface area is 146 Å². The molecule has 1 spiro atoms. The molecule has 2 fully saturated rings. The zero-order valence-corrected chi connectivity index (χ0v) is 14.2. The van der Waals surface area contributed by atoms with Gasteiger partial charge >= 0.3 is 0 Å². The molecule has 2 amide bonds. The van der Waals surface area contributed by atoms with Gasteiger partial charge in [-0.25, -0.2) is 0 Å². The summed E-state index contributed by atoms with van der Waals surface area (Å²) >= 11 is 0. The number of ketones is 1. The van der Waals surface area contributed by atoms with Gasteiger partial charge < -0.3 is 19.7 Å². The fourth-order valence-electron chi connectivity index (χ4n) is 3.13. The third-order valence-electron chi connectivity index (χ3n) is 4.58. The zero-order valence-electron chi connectivity index (χ0n) is 14.2. The van der Waals surface area contributed by atoms with Gasteiger partial charge in [0.2, 0.25) is 11.8 Å². The maximum absolute atomic E-state index is 12.3. The van der Waals surface area contributed by atoms with Crippen molar-refractivity contribution in [2.75, 3.05) is 31.6 Å². The normalized spacial score (nSPS) is 19.0. The zero-order chi connectivity index (χ0) is 17.9. The van der Waals surface area contributed by atoms with Gasteiger partial charge in [0.15, 0.2) is 11.6 Å². The van der Waals surface area contributed by atoms with Gasteiger partial charge in [-0.3, -0.25) is 14.4 Å². The first-order valence-corrected chi connectivity index (χ1v) is 8.44. The van der Waals surface area contributed by atoms with Crippen molar-refractivity contribution in [2.24, 2.45) is 0 Å². The summed E-state index contributed by atoms with van der Waals surface area (Å²) in [5, 5.41) is 2.68. The monoisotopic (exact) mass is 346 g/mol. The van der Waals surface area contributed by atoms with Crippen LogP contribution >= 0.6 is 0 Å². The van der Waals surface area contributed by atoms with Gasteiger partial charge in [0.25, 0.3) is 0 Å². The number of Topliss-reactive ketones (excluding diaryl/α,β-unsaturated/α-hetero) is 1. The molecule has 0 atom stereocenters. The molecule has 1 aromatic rings. The topological polar surface area (TPSA) is 84.9 Å². The van der Waals surface area contributed by atoms with Crippen LogP contribution in [0.1, 0.15) is 36.5 Å². The molecule has 0 bridgehead atoms. The van der Waals surface area contributed by atoms with Gasteiger partial charge in [-0.05, 0) is 31.2 Å². The average Bonchev–Trinajstić information content (AvgIpc) is 3.04. The van der Waals surface area contributed by atoms with E-state index in [1.165, 1.54) is 6.92 Å². The van der Waals surface area contributed by atoms with Crippen molar-refractivity contribution in [3.8, 4) is 0 Å². The SMILES string of the molecule is CC(=O)c1ccc(NC(=O)CC(=O)N2CCC3(CC2)OCCO3)cc1. The van der Waals surface area contributed by atoms with Crippen molar-refractivity contribution in [1.82, 2.24) is 4.90 Å². The van der Waals surface area contributed by atoms with E-state index in [0.717, 1.165) is 0 Å². The van der Waals surface area contributed by atoms with Gasteiger partial charge in [-0.1, -0.05) is 0 Å². The minimum absolute atomic E-state index is 0.0360. The van der Waals surface area contributed by atoms with Crippen LogP contribution in [0.15, 0.2) is 24.3 Å². The molecule has 1 N–H and O–H groups in total.